The van der Waals surface area contributed by atoms with Gasteiger partial charge in [0.15, 0.2) is 0 Å². The van der Waals surface area contributed by atoms with Gasteiger partial charge in [-0.25, -0.2) is 4.79 Å². The zero-order chi connectivity index (χ0) is 15.5. The number of nitrogens with zero attached hydrogens (tertiary/aromatic N) is 1. The van der Waals surface area contributed by atoms with E-state index >= 15 is 0 Å². The molecule has 2 rings (SSSR count). The van der Waals surface area contributed by atoms with E-state index in [-0.39, 0.29) is 17.6 Å². The number of carbonyl (C=O) groups excluding carboxylic acids is 1. The number of pyridine rings is 1. The molecule has 0 radical (unpaired) electrons. The molecule has 1 aromatic heterocycles. The van der Waals surface area contributed by atoms with E-state index in [0.717, 1.165) is 12.8 Å². The van der Waals surface area contributed by atoms with E-state index in [4.69, 9.17) is 9.47 Å². The molecule has 2 heterocycles. The van der Waals surface area contributed by atoms with Gasteiger partial charge in [-0.15, -0.1) is 0 Å². The minimum atomic E-state index is -0.466. The van der Waals surface area contributed by atoms with Gasteiger partial charge in [-0.2, -0.15) is 4.98 Å². The maximum atomic E-state index is 11.6. The van der Waals surface area contributed by atoms with E-state index in [9.17, 15) is 4.79 Å². The van der Waals surface area contributed by atoms with Crippen LogP contribution in [-0.4, -0.2) is 43.4 Å². The smallest absolute Gasteiger partial charge is 0.343 e. The predicted octanol–water partition coefficient (Wildman–Crippen LogP) is 2.25. The van der Waals surface area contributed by atoms with E-state index in [0.29, 0.717) is 17.9 Å². The number of carbonyl (C=O) groups is 1. The van der Waals surface area contributed by atoms with Crippen molar-refractivity contribution in [1.82, 2.24) is 4.98 Å². The quantitative estimate of drug-likeness (QED) is 0.840. The Morgan fingerprint density at radius 3 is 2.81 bits per heavy atom. The molecule has 1 N–H and O–H groups in total. The summed E-state index contributed by atoms with van der Waals surface area (Å²) in [5.74, 6) is 0.430. The standard InChI is InChI=1S/C15H22N2O4/c1-15(2)8-7-10(21-15)9-16-12-6-5-11(14(18)20-4)13(17-12)19-3/h5-6,10H,7-9H2,1-4H3,(H,16,17). The molecule has 6 heteroatoms. The first-order valence-corrected chi connectivity index (χ1v) is 7.00. The van der Waals surface area contributed by atoms with Crippen LogP contribution in [0.4, 0.5) is 5.82 Å². The molecule has 1 unspecified atom stereocenters. The lowest BCUT2D eigenvalue weighted by atomic mass is 10.1. The summed E-state index contributed by atoms with van der Waals surface area (Å²) in [4.78, 5) is 15.8. The highest BCUT2D eigenvalue weighted by Gasteiger charge is 2.31. The molecule has 0 aliphatic carbocycles. The monoisotopic (exact) mass is 294 g/mol. The van der Waals surface area contributed by atoms with E-state index in [2.05, 4.69) is 28.9 Å². The third kappa shape index (κ3) is 3.85. The fourth-order valence-electron chi connectivity index (χ4n) is 2.40. The molecule has 1 aliphatic heterocycles. The Bertz CT molecular complexity index is 516. The molecule has 0 saturated carbocycles. The van der Waals surface area contributed by atoms with Gasteiger partial charge in [0.2, 0.25) is 5.88 Å². The third-order valence-corrected chi connectivity index (χ3v) is 3.52. The molecule has 6 nitrogen and oxygen atoms in total. The topological polar surface area (TPSA) is 69.7 Å². The Balaban J connectivity index is 2.00. The predicted molar refractivity (Wildman–Crippen MR) is 78.8 cm³/mol. The van der Waals surface area contributed by atoms with Crippen LogP contribution in [0.25, 0.3) is 0 Å². The zero-order valence-electron chi connectivity index (χ0n) is 12.9. The fourth-order valence-corrected chi connectivity index (χ4v) is 2.40. The summed E-state index contributed by atoms with van der Waals surface area (Å²) in [7, 11) is 2.80. The number of anilines is 1. The lowest BCUT2D eigenvalue weighted by Crippen LogP contribution is -2.25. The van der Waals surface area contributed by atoms with E-state index in [1.165, 1.54) is 14.2 Å². The molecule has 1 atom stereocenters. The van der Waals surface area contributed by atoms with Crippen LogP contribution in [0.15, 0.2) is 12.1 Å². The van der Waals surface area contributed by atoms with Crippen LogP contribution in [0.5, 0.6) is 5.88 Å². The summed E-state index contributed by atoms with van der Waals surface area (Å²) in [6.45, 7) is 4.87. The average molecular weight is 294 g/mol. The van der Waals surface area contributed by atoms with Gasteiger partial charge in [0, 0.05) is 6.54 Å². The lowest BCUT2D eigenvalue weighted by molar-refractivity contribution is -0.00915. The molecule has 1 aliphatic rings. The van der Waals surface area contributed by atoms with Crippen molar-refractivity contribution in [3.8, 4) is 5.88 Å². The van der Waals surface area contributed by atoms with Crippen molar-refractivity contribution in [3.63, 3.8) is 0 Å². The lowest BCUT2D eigenvalue weighted by Gasteiger charge is -2.19. The molecule has 0 bridgehead atoms. The molecular formula is C15H22N2O4. The first-order chi connectivity index (χ1) is 9.95. The van der Waals surface area contributed by atoms with E-state index < -0.39 is 5.97 Å². The largest absolute Gasteiger partial charge is 0.480 e. The molecule has 0 aromatic carbocycles. The molecule has 0 amide bonds. The third-order valence-electron chi connectivity index (χ3n) is 3.52. The van der Waals surface area contributed by atoms with Crippen molar-refractivity contribution in [3.05, 3.63) is 17.7 Å². The Morgan fingerprint density at radius 1 is 1.48 bits per heavy atom. The van der Waals surface area contributed by atoms with Crippen LogP contribution >= 0.6 is 0 Å². The first-order valence-electron chi connectivity index (χ1n) is 7.00. The number of aromatic nitrogens is 1. The van der Waals surface area contributed by atoms with Crippen molar-refractivity contribution in [2.24, 2.45) is 0 Å². The van der Waals surface area contributed by atoms with Crippen molar-refractivity contribution < 1.29 is 19.0 Å². The molecule has 1 aromatic rings. The molecule has 21 heavy (non-hydrogen) atoms. The second-order valence-corrected chi connectivity index (χ2v) is 5.66. The van der Waals surface area contributed by atoms with Gasteiger partial charge >= 0.3 is 5.97 Å². The number of esters is 1. The van der Waals surface area contributed by atoms with Crippen LogP contribution in [0.1, 0.15) is 37.0 Å². The first kappa shape index (κ1) is 15.6. The van der Waals surface area contributed by atoms with E-state index in [1.54, 1.807) is 12.1 Å². The summed E-state index contributed by atoms with van der Waals surface area (Å²) in [6, 6.07) is 3.37. The molecule has 1 fully saturated rings. The second-order valence-electron chi connectivity index (χ2n) is 5.66. The Hall–Kier alpha value is -1.82. The molecule has 116 valence electrons. The summed E-state index contributed by atoms with van der Waals surface area (Å²) in [5, 5.41) is 3.22. The summed E-state index contributed by atoms with van der Waals surface area (Å²) < 4.78 is 15.7. The Labute approximate surface area is 124 Å². The minimum Gasteiger partial charge on any atom is -0.480 e. The van der Waals surface area contributed by atoms with Crippen LogP contribution in [0, 0.1) is 0 Å². The van der Waals surface area contributed by atoms with Crippen LogP contribution < -0.4 is 10.1 Å². The van der Waals surface area contributed by atoms with Crippen LogP contribution in [-0.2, 0) is 9.47 Å². The highest BCUT2D eigenvalue weighted by Crippen LogP contribution is 2.29. The van der Waals surface area contributed by atoms with Gasteiger partial charge in [0.1, 0.15) is 11.4 Å². The van der Waals surface area contributed by atoms with Crippen molar-refractivity contribution in [1.29, 1.82) is 0 Å². The van der Waals surface area contributed by atoms with Gasteiger partial charge in [-0.05, 0) is 38.8 Å². The number of ether oxygens (including phenoxy) is 3. The number of hydrogen-bond donors (Lipinski definition) is 1. The second kappa shape index (κ2) is 6.30. The maximum Gasteiger partial charge on any atom is 0.343 e. The molecule has 0 spiro atoms. The van der Waals surface area contributed by atoms with Gasteiger partial charge in [0.05, 0.1) is 25.9 Å². The number of rotatable bonds is 5. The van der Waals surface area contributed by atoms with Crippen molar-refractivity contribution in [2.75, 3.05) is 26.1 Å². The number of hydrogen-bond acceptors (Lipinski definition) is 6. The number of methoxy groups -OCH3 is 2. The van der Waals surface area contributed by atoms with E-state index in [1.807, 2.05) is 0 Å². The van der Waals surface area contributed by atoms with Crippen molar-refractivity contribution >= 4 is 11.8 Å². The van der Waals surface area contributed by atoms with Crippen LogP contribution in [0.2, 0.25) is 0 Å². The Kier molecular flexibility index (Phi) is 4.67. The summed E-state index contributed by atoms with van der Waals surface area (Å²) in [6.07, 6.45) is 2.25. The zero-order valence-corrected chi connectivity index (χ0v) is 12.9. The fraction of sp³-hybridized carbons (Fsp3) is 0.600. The number of nitrogens with one attached hydrogen (secondary N) is 1. The van der Waals surface area contributed by atoms with Crippen molar-refractivity contribution in [2.45, 2.75) is 38.4 Å². The average Bonchev–Trinajstić information content (AvgIpc) is 2.83. The minimum absolute atomic E-state index is 0.0494. The van der Waals surface area contributed by atoms with Gasteiger partial charge < -0.3 is 19.5 Å². The molecule has 1 saturated heterocycles. The van der Waals surface area contributed by atoms with Gasteiger partial charge in [0.25, 0.3) is 0 Å². The molecular weight excluding hydrogens is 272 g/mol. The Morgan fingerprint density at radius 2 is 2.24 bits per heavy atom. The highest BCUT2D eigenvalue weighted by atomic mass is 16.5. The van der Waals surface area contributed by atoms with Gasteiger partial charge in [-0.3, -0.25) is 0 Å². The highest BCUT2D eigenvalue weighted by molar-refractivity contribution is 5.92. The van der Waals surface area contributed by atoms with Gasteiger partial charge in [-0.1, -0.05) is 0 Å². The summed E-state index contributed by atoms with van der Waals surface area (Å²) in [5.41, 5.74) is 0.260. The SMILES string of the molecule is COC(=O)c1ccc(NCC2CCC(C)(C)O2)nc1OC. The summed E-state index contributed by atoms with van der Waals surface area (Å²) >= 11 is 0. The maximum absolute atomic E-state index is 11.6. The van der Waals surface area contributed by atoms with Crippen LogP contribution in [0.3, 0.4) is 0 Å². The normalized spacial score (nSPS) is 20.1.